The Morgan fingerprint density at radius 3 is 2.60 bits per heavy atom. The molecular weight excluding hydrogens is 310 g/mol. The molecule has 0 aliphatic rings. The van der Waals surface area contributed by atoms with Crippen LogP contribution in [0, 0.1) is 18.8 Å². The minimum Gasteiger partial charge on any atom is -0.327 e. The lowest BCUT2D eigenvalue weighted by atomic mass is 10.2. The molecule has 4 rings (SSSR count). The zero-order valence-corrected chi connectivity index (χ0v) is 13.9. The van der Waals surface area contributed by atoms with Gasteiger partial charge in [-0.2, -0.15) is 0 Å². The van der Waals surface area contributed by atoms with Crippen molar-refractivity contribution in [2.24, 2.45) is 7.05 Å². The van der Waals surface area contributed by atoms with E-state index >= 15 is 0 Å². The van der Waals surface area contributed by atoms with Crippen LogP contribution in [0.1, 0.15) is 17.3 Å². The molecule has 0 saturated heterocycles. The van der Waals surface area contributed by atoms with E-state index in [9.17, 15) is 0 Å². The van der Waals surface area contributed by atoms with Gasteiger partial charge in [-0.15, -0.1) is 0 Å². The van der Waals surface area contributed by atoms with Gasteiger partial charge in [-0.1, -0.05) is 30.3 Å². The molecule has 4 aromatic rings. The maximum absolute atomic E-state index is 4.63. The van der Waals surface area contributed by atoms with Crippen molar-refractivity contribution in [1.82, 2.24) is 24.5 Å². The average molecular weight is 325 g/mol. The highest BCUT2D eigenvalue weighted by Crippen LogP contribution is 2.17. The SMILES string of the molecule is Cc1nc(C#Cc2nc(-c3ccccc3)cn2C)c2cccnc2n1. The molecule has 0 N–H and O–H groups in total. The molecule has 0 spiro atoms. The highest BCUT2D eigenvalue weighted by atomic mass is 15.0. The Kier molecular flexibility index (Phi) is 3.71. The number of pyridine rings is 1. The summed E-state index contributed by atoms with van der Waals surface area (Å²) in [5.74, 6) is 7.59. The Bertz CT molecular complexity index is 1120. The van der Waals surface area contributed by atoms with Crippen molar-refractivity contribution in [2.45, 2.75) is 6.92 Å². The van der Waals surface area contributed by atoms with Crippen LogP contribution in [-0.4, -0.2) is 24.5 Å². The third kappa shape index (κ3) is 2.98. The topological polar surface area (TPSA) is 56.5 Å². The van der Waals surface area contributed by atoms with E-state index in [4.69, 9.17) is 0 Å². The van der Waals surface area contributed by atoms with E-state index in [0.717, 1.165) is 16.6 Å². The third-order valence-corrected chi connectivity index (χ3v) is 3.82. The van der Waals surface area contributed by atoms with Crippen molar-refractivity contribution in [3.63, 3.8) is 0 Å². The molecule has 3 aromatic heterocycles. The van der Waals surface area contributed by atoms with Gasteiger partial charge in [-0.25, -0.2) is 19.9 Å². The van der Waals surface area contributed by atoms with E-state index in [-0.39, 0.29) is 0 Å². The molecule has 120 valence electrons. The summed E-state index contributed by atoms with van der Waals surface area (Å²) in [4.78, 5) is 17.7. The summed E-state index contributed by atoms with van der Waals surface area (Å²) < 4.78 is 1.92. The molecule has 0 atom stereocenters. The molecule has 0 bridgehead atoms. The molecule has 25 heavy (non-hydrogen) atoms. The van der Waals surface area contributed by atoms with Crippen molar-refractivity contribution in [3.05, 3.63) is 72.2 Å². The van der Waals surface area contributed by atoms with Gasteiger partial charge >= 0.3 is 0 Å². The van der Waals surface area contributed by atoms with Crippen LogP contribution in [0.2, 0.25) is 0 Å². The first-order chi connectivity index (χ1) is 12.2. The second kappa shape index (κ2) is 6.17. The van der Waals surface area contributed by atoms with Gasteiger partial charge in [0.1, 0.15) is 11.5 Å². The molecule has 5 heteroatoms. The molecule has 0 amide bonds. The molecule has 0 radical (unpaired) electrons. The van der Waals surface area contributed by atoms with Gasteiger partial charge in [0.15, 0.2) is 11.5 Å². The second-order valence-electron chi connectivity index (χ2n) is 5.67. The predicted octanol–water partition coefficient (Wildman–Crippen LogP) is 3.13. The van der Waals surface area contributed by atoms with Crippen molar-refractivity contribution >= 4 is 11.0 Å². The summed E-state index contributed by atoms with van der Waals surface area (Å²) in [6, 6.07) is 13.8. The summed E-state index contributed by atoms with van der Waals surface area (Å²) >= 11 is 0. The molecule has 1 aromatic carbocycles. The highest BCUT2D eigenvalue weighted by molar-refractivity contribution is 5.80. The summed E-state index contributed by atoms with van der Waals surface area (Å²) in [5.41, 5.74) is 3.29. The minimum atomic E-state index is 0.653. The molecule has 0 aliphatic heterocycles. The first-order valence-electron chi connectivity index (χ1n) is 7.91. The smallest absolute Gasteiger partial charge is 0.186 e. The Labute approximate surface area is 145 Å². The average Bonchev–Trinajstić information content (AvgIpc) is 3.01. The fourth-order valence-electron chi connectivity index (χ4n) is 2.61. The van der Waals surface area contributed by atoms with Crippen LogP contribution < -0.4 is 0 Å². The summed E-state index contributed by atoms with van der Waals surface area (Å²) in [7, 11) is 1.94. The fourth-order valence-corrected chi connectivity index (χ4v) is 2.61. The van der Waals surface area contributed by atoms with Crippen LogP contribution in [0.15, 0.2) is 54.9 Å². The van der Waals surface area contributed by atoms with Gasteiger partial charge in [0.25, 0.3) is 0 Å². The Hall–Kier alpha value is -3.52. The molecule has 0 unspecified atom stereocenters. The van der Waals surface area contributed by atoms with E-state index in [2.05, 4.69) is 31.8 Å². The standard InChI is InChI=1S/C20H15N5/c1-14-22-17(16-9-6-12-21-20(16)23-14)10-11-19-24-18(13-25(19)2)15-7-4-3-5-8-15/h3-9,12-13H,1-2H3. The number of aromatic nitrogens is 5. The van der Waals surface area contributed by atoms with Gasteiger partial charge in [0.05, 0.1) is 11.1 Å². The lowest BCUT2D eigenvalue weighted by molar-refractivity contribution is 0.893. The number of benzene rings is 1. The van der Waals surface area contributed by atoms with Gasteiger partial charge in [-0.3, -0.25) is 0 Å². The third-order valence-electron chi connectivity index (χ3n) is 3.82. The molecule has 0 saturated carbocycles. The van der Waals surface area contributed by atoms with E-state index < -0.39 is 0 Å². The number of imidazole rings is 1. The van der Waals surface area contributed by atoms with Crippen molar-refractivity contribution in [2.75, 3.05) is 0 Å². The lowest BCUT2D eigenvalue weighted by Crippen LogP contribution is -1.96. The van der Waals surface area contributed by atoms with Crippen LogP contribution in [0.5, 0.6) is 0 Å². The van der Waals surface area contributed by atoms with Crippen LogP contribution in [0.4, 0.5) is 0 Å². The van der Waals surface area contributed by atoms with E-state index in [1.807, 2.05) is 67.2 Å². The van der Waals surface area contributed by atoms with Crippen LogP contribution >= 0.6 is 0 Å². The fraction of sp³-hybridized carbons (Fsp3) is 0.100. The highest BCUT2D eigenvalue weighted by Gasteiger charge is 2.06. The number of hydrogen-bond acceptors (Lipinski definition) is 4. The quantitative estimate of drug-likeness (QED) is 0.505. The zero-order valence-electron chi connectivity index (χ0n) is 13.9. The summed E-state index contributed by atoms with van der Waals surface area (Å²) in [6.07, 6.45) is 3.70. The Balaban J connectivity index is 1.77. The number of rotatable bonds is 1. The van der Waals surface area contributed by atoms with E-state index in [0.29, 0.717) is 23.0 Å². The predicted molar refractivity (Wildman–Crippen MR) is 96.7 cm³/mol. The first kappa shape index (κ1) is 15.0. The Morgan fingerprint density at radius 1 is 0.920 bits per heavy atom. The molecule has 3 heterocycles. The van der Waals surface area contributed by atoms with E-state index in [1.54, 1.807) is 6.20 Å². The Morgan fingerprint density at radius 2 is 1.76 bits per heavy atom. The van der Waals surface area contributed by atoms with Gasteiger partial charge in [0, 0.05) is 25.0 Å². The first-order valence-corrected chi connectivity index (χ1v) is 7.91. The zero-order chi connectivity index (χ0) is 17.2. The van der Waals surface area contributed by atoms with Gasteiger partial charge in [-0.05, 0) is 30.9 Å². The maximum Gasteiger partial charge on any atom is 0.186 e. The molecular formula is C20H15N5. The van der Waals surface area contributed by atoms with Crippen molar-refractivity contribution in [1.29, 1.82) is 0 Å². The van der Waals surface area contributed by atoms with Gasteiger partial charge in [0.2, 0.25) is 0 Å². The molecule has 5 nitrogen and oxygen atoms in total. The van der Waals surface area contributed by atoms with Gasteiger partial charge < -0.3 is 4.57 Å². The molecule has 0 aliphatic carbocycles. The van der Waals surface area contributed by atoms with E-state index in [1.165, 1.54) is 0 Å². The maximum atomic E-state index is 4.63. The lowest BCUT2D eigenvalue weighted by Gasteiger charge is -1.99. The second-order valence-corrected chi connectivity index (χ2v) is 5.67. The number of fused-ring (bicyclic) bond motifs is 1. The monoisotopic (exact) mass is 325 g/mol. The van der Waals surface area contributed by atoms with Crippen LogP contribution in [0.25, 0.3) is 22.3 Å². The minimum absolute atomic E-state index is 0.653. The number of hydrogen-bond donors (Lipinski definition) is 0. The summed E-state index contributed by atoms with van der Waals surface area (Å²) in [5, 5.41) is 0.845. The van der Waals surface area contributed by atoms with Crippen molar-refractivity contribution < 1.29 is 0 Å². The summed E-state index contributed by atoms with van der Waals surface area (Å²) in [6.45, 7) is 1.84. The van der Waals surface area contributed by atoms with Crippen molar-refractivity contribution in [3.8, 4) is 23.1 Å². The number of nitrogens with zero attached hydrogens (tertiary/aromatic N) is 5. The van der Waals surface area contributed by atoms with Crippen LogP contribution in [0.3, 0.4) is 0 Å². The largest absolute Gasteiger partial charge is 0.327 e. The number of aryl methyl sites for hydroxylation is 2. The van der Waals surface area contributed by atoms with Crippen LogP contribution in [-0.2, 0) is 7.05 Å². The molecule has 0 fully saturated rings. The normalized spacial score (nSPS) is 10.5.